The molecule has 0 aliphatic carbocycles. The van der Waals surface area contributed by atoms with Crippen molar-refractivity contribution in [3.63, 3.8) is 0 Å². The number of methoxy groups -OCH3 is 1. The smallest absolute Gasteiger partial charge is 0.243 e. The highest BCUT2D eigenvalue weighted by Crippen LogP contribution is 2.15. The maximum absolute atomic E-state index is 13.5. The molecule has 0 heterocycles. The van der Waals surface area contributed by atoms with Crippen LogP contribution in [0.3, 0.4) is 0 Å². The highest BCUT2D eigenvalue weighted by Gasteiger charge is 2.29. The second-order valence-corrected chi connectivity index (χ2v) is 10.8. The molecule has 42 heavy (non-hydrogen) atoms. The van der Waals surface area contributed by atoms with E-state index in [2.05, 4.69) is 16.0 Å². The Morgan fingerprint density at radius 2 is 1.45 bits per heavy atom. The Morgan fingerprint density at radius 3 is 2.10 bits per heavy atom. The summed E-state index contributed by atoms with van der Waals surface area (Å²) in [6, 6.07) is 25.3. The first kappa shape index (κ1) is 32.3. The van der Waals surface area contributed by atoms with Crippen molar-refractivity contribution in [1.82, 2.24) is 16.0 Å². The van der Waals surface area contributed by atoms with Gasteiger partial charge < -0.3 is 25.8 Å². The molecule has 3 rings (SSSR count). The van der Waals surface area contributed by atoms with Crippen LogP contribution in [0.2, 0.25) is 0 Å². The van der Waals surface area contributed by atoms with Crippen LogP contribution in [0.4, 0.5) is 0 Å². The molecule has 0 spiro atoms. The van der Waals surface area contributed by atoms with Crippen LogP contribution in [0.1, 0.15) is 43.4 Å². The Bertz CT molecular complexity index is 1270. The van der Waals surface area contributed by atoms with Crippen molar-refractivity contribution in [2.45, 2.75) is 64.1 Å². The zero-order valence-corrected chi connectivity index (χ0v) is 24.7. The number of amides is 3. The second-order valence-electron chi connectivity index (χ2n) is 10.8. The van der Waals surface area contributed by atoms with Gasteiger partial charge in [0.15, 0.2) is 0 Å². The Labute approximate surface area is 248 Å². The Balaban J connectivity index is 1.60. The lowest BCUT2D eigenvalue weighted by molar-refractivity contribution is -0.130. The van der Waals surface area contributed by atoms with E-state index in [1.807, 2.05) is 86.6 Å². The summed E-state index contributed by atoms with van der Waals surface area (Å²) in [6.45, 7) is 4.23. The molecule has 8 heteroatoms. The number of aliphatic hydroxyl groups excluding tert-OH is 1. The van der Waals surface area contributed by atoms with E-state index in [0.29, 0.717) is 18.7 Å². The third kappa shape index (κ3) is 11.0. The van der Waals surface area contributed by atoms with Gasteiger partial charge in [-0.15, -0.1) is 0 Å². The van der Waals surface area contributed by atoms with Crippen LogP contribution in [0.15, 0.2) is 84.9 Å². The van der Waals surface area contributed by atoms with Crippen molar-refractivity contribution in [3.05, 3.63) is 102 Å². The van der Waals surface area contributed by atoms with Crippen LogP contribution in [0.25, 0.3) is 0 Å². The molecule has 0 saturated heterocycles. The van der Waals surface area contributed by atoms with E-state index in [9.17, 15) is 19.5 Å². The average Bonchev–Trinajstić information content (AvgIpc) is 2.99. The van der Waals surface area contributed by atoms with Crippen LogP contribution in [0, 0.1) is 5.92 Å². The number of hydrogen-bond acceptors (Lipinski definition) is 5. The van der Waals surface area contributed by atoms with E-state index in [1.165, 1.54) is 0 Å². The molecule has 224 valence electrons. The molecule has 0 aliphatic rings. The van der Waals surface area contributed by atoms with Crippen molar-refractivity contribution in [1.29, 1.82) is 0 Å². The molecule has 0 saturated carbocycles. The number of carbonyl (C=O) groups excluding carboxylic acids is 3. The number of aliphatic hydroxyl groups is 1. The lowest BCUT2D eigenvalue weighted by Gasteiger charge is -2.28. The summed E-state index contributed by atoms with van der Waals surface area (Å²) in [5, 5.41) is 19.9. The summed E-state index contributed by atoms with van der Waals surface area (Å²) < 4.78 is 5.24. The first-order chi connectivity index (χ1) is 20.2. The fourth-order valence-corrected chi connectivity index (χ4v) is 4.71. The van der Waals surface area contributed by atoms with Crippen LogP contribution in [-0.4, -0.2) is 54.7 Å². The average molecular weight is 574 g/mol. The summed E-state index contributed by atoms with van der Waals surface area (Å²) in [5.41, 5.74) is 2.85. The minimum Gasteiger partial charge on any atom is -0.497 e. The predicted octanol–water partition coefficient (Wildman–Crippen LogP) is 3.61. The van der Waals surface area contributed by atoms with Gasteiger partial charge in [-0.25, -0.2) is 0 Å². The molecule has 3 aromatic rings. The lowest BCUT2D eigenvalue weighted by atomic mass is 9.96. The monoisotopic (exact) mass is 573 g/mol. The summed E-state index contributed by atoms with van der Waals surface area (Å²) >= 11 is 0. The molecule has 8 nitrogen and oxygen atoms in total. The van der Waals surface area contributed by atoms with E-state index in [1.54, 1.807) is 19.2 Å². The number of rotatable bonds is 16. The molecule has 0 aromatic heterocycles. The van der Waals surface area contributed by atoms with Crippen LogP contribution < -0.4 is 20.7 Å². The number of ether oxygens (including phenoxy) is 1. The van der Waals surface area contributed by atoms with E-state index in [-0.39, 0.29) is 42.9 Å². The fourth-order valence-electron chi connectivity index (χ4n) is 4.71. The molecule has 3 amide bonds. The van der Waals surface area contributed by atoms with Crippen molar-refractivity contribution >= 4 is 17.7 Å². The van der Waals surface area contributed by atoms with E-state index < -0.39 is 18.2 Å². The number of carbonyl (C=O) groups is 3. The van der Waals surface area contributed by atoms with Crippen molar-refractivity contribution < 1.29 is 24.2 Å². The van der Waals surface area contributed by atoms with Gasteiger partial charge in [-0.1, -0.05) is 86.6 Å². The van der Waals surface area contributed by atoms with Gasteiger partial charge in [0.1, 0.15) is 11.8 Å². The van der Waals surface area contributed by atoms with Crippen LogP contribution >= 0.6 is 0 Å². The normalized spacial score (nSPS) is 13.1. The predicted molar refractivity (Wildman–Crippen MR) is 164 cm³/mol. The van der Waals surface area contributed by atoms with Crippen molar-refractivity contribution in [3.8, 4) is 5.75 Å². The van der Waals surface area contributed by atoms with E-state index in [0.717, 1.165) is 23.1 Å². The number of nitrogens with one attached hydrogen (secondary N) is 3. The molecule has 0 aliphatic heterocycles. The van der Waals surface area contributed by atoms with Gasteiger partial charge in [0.2, 0.25) is 17.7 Å². The van der Waals surface area contributed by atoms with Crippen molar-refractivity contribution in [2.24, 2.45) is 5.92 Å². The van der Waals surface area contributed by atoms with Crippen LogP contribution in [-0.2, 0) is 33.6 Å². The molecule has 3 aromatic carbocycles. The van der Waals surface area contributed by atoms with E-state index in [4.69, 9.17) is 4.74 Å². The lowest BCUT2D eigenvalue weighted by Crippen LogP contribution is -2.55. The van der Waals surface area contributed by atoms with Crippen LogP contribution in [0.5, 0.6) is 5.75 Å². The molecule has 4 N–H and O–H groups in total. The molecule has 0 unspecified atom stereocenters. The summed E-state index contributed by atoms with van der Waals surface area (Å²) in [5.74, 6) is -0.356. The summed E-state index contributed by atoms with van der Waals surface area (Å²) in [7, 11) is 1.57. The van der Waals surface area contributed by atoms with Gasteiger partial charge in [-0.2, -0.15) is 0 Å². The third-order valence-electron chi connectivity index (χ3n) is 7.10. The molecular weight excluding hydrogens is 530 g/mol. The fraction of sp³-hybridized carbons (Fsp3) is 0.382. The highest BCUT2D eigenvalue weighted by molar-refractivity contribution is 5.88. The molecule has 0 fully saturated rings. The zero-order valence-electron chi connectivity index (χ0n) is 24.7. The molecule has 0 bridgehead atoms. The maximum Gasteiger partial charge on any atom is 0.243 e. The quantitative estimate of drug-likeness (QED) is 0.209. The number of hydrogen-bond donors (Lipinski definition) is 4. The largest absolute Gasteiger partial charge is 0.497 e. The maximum atomic E-state index is 13.5. The second kappa shape index (κ2) is 16.9. The molecule has 3 atom stereocenters. The highest BCUT2D eigenvalue weighted by atomic mass is 16.5. The summed E-state index contributed by atoms with van der Waals surface area (Å²) in [6.07, 6.45) is 0.553. The van der Waals surface area contributed by atoms with E-state index >= 15 is 0 Å². The topological polar surface area (TPSA) is 117 Å². The SMILES string of the molecule is COc1cccc(CC(=O)N[C@H](C(=O)N[C@@H](Cc2ccccc2)[C@@H](O)CCC(=O)NCCc2ccccc2)C(C)C)c1. The van der Waals surface area contributed by atoms with Gasteiger partial charge >= 0.3 is 0 Å². The Kier molecular flexibility index (Phi) is 13.0. The van der Waals surface area contributed by atoms with Gasteiger partial charge in [0, 0.05) is 13.0 Å². The molecule has 0 radical (unpaired) electrons. The first-order valence-corrected chi connectivity index (χ1v) is 14.5. The standard InChI is InChI=1S/C34H43N3O5/c1-24(2)33(37-32(40)23-27-15-10-16-28(21-27)42-3)34(41)36-29(22-26-13-8-5-9-14-26)30(38)17-18-31(39)35-20-19-25-11-6-4-7-12-25/h4-16,21,24,29-30,33,38H,17-20,22-23H2,1-3H3,(H,35,39)(H,36,41)(H,37,40)/t29-,30-,33-/m0/s1. The van der Waals surface area contributed by atoms with Gasteiger partial charge in [0.05, 0.1) is 25.7 Å². The Morgan fingerprint density at radius 1 is 0.810 bits per heavy atom. The van der Waals surface area contributed by atoms with Gasteiger partial charge in [0.25, 0.3) is 0 Å². The Hall–Kier alpha value is -4.17. The minimum atomic E-state index is -0.964. The zero-order chi connectivity index (χ0) is 30.3. The van der Waals surface area contributed by atoms with Gasteiger partial charge in [-0.3, -0.25) is 14.4 Å². The first-order valence-electron chi connectivity index (χ1n) is 14.5. The van der Waals surface area contributed by atoms with Crippen molar-refractivity contribution in [2.75, 3.05) is 13.7 Å². The molecular formula is C34H43N3O5. The minimum absolute atomic E-state index is 0.100. The summed E-state index contributed by atoms with van der Waals surface area (Å²) in [4.78, 5) is 38.8. The third-order valence-corrected chi connectivity index (χ3v) is 7.10. The number of benzene rings is 3. The van der Waals surface area contributed by atoms with Gasteiger partial charge in [-0.05, 0) is 54.0 Å².